The van der Waals surface area contributed by atoms with Gasteiger partial charge in [0.15, 0.2) is 0 Å². The van der Waals surface area contributed by atoms with Crippen LogP contribution >= 0.6 is 0 Å². The minimum absolute atomic E-state index is 0.278. The molecule has 1 aliphatic rings. The van der Waals surface area contributed by atoms with Crippen LogP contribution in [0.15, 0.2) is 11.8 Å². The second-order valence-electron chi connectivity index (χ2n) is 1.97. The lowest BCUT2D eigenvalue weighted by Crippen LogP contribution is -2.35. The molecule has 56 valence electrons. The van der Waals surface area contributed by atoms with E-state index in [0.717, 1.165) is 0 Å². The molecule has 0 aromatic carbocycles. The topological polar surface area (TPSA) is 50.4 Å². The normalized spacial score (nSPS) is 17.1. The van der Waals surface area contributed by atoms with Gasteiger partial charge in [0.05, 0.1) is 19.4 Å². The first kappa shape index (κ1) is 7.08. The first-order valence-corrected chi connectivity index (χ1v) is 3.06. The van der Waals surface area contributed by atoms with Gasteiger partial charge in [0.25, 0.3) is 0 Å². The molecule has 0 aromatic rings. The summed E-state index contributed by atoms with van der Waals surface area (Å²) in [6.07, 6.45) is 1.67. The molecule has 4 heteroatoms. The van der Waals surface area contributed by atoms with Gasteiger partial charge in [-0.15, -0.1) is 0 Å². The fourth-order valence-electron chi connectivity index (χ4n) is 0.757. The molecule has 0 saturated carbocycles. The molecule has 0 unspecified atom stereocenters. The van der Waals surface area contributed by atoms with E-state index in [1.165, 1.54) is 7.11 Å². The van der Waals surface area contributed by atoms with Crippen molar-refractivity contribution in [2.75, 3.05) is 20.3 Å². The SMILES string of the molecule is COC(=O)C1=CNCNC1. The van der Waals surface area contributed by atoms with Crippen LogP contribution in [0.4, 0.5) is 0 Å². The number of esters is 1. The monoisotopic (exact) mass is 142 g/mol. The summed E-state index contributed by atoms with van der Waals surface area (Å²) in [5, 5.41) is 5.85. The van der Waals surface area contributed by atoms with Gasteiger partial charge in [0, 0.05) is 12.7 Å². The van der Waals surface area contributed by atoms with Gasteiger partial charge in [-0.2, -0.15) is 0 Å². The van der Waals surface area contributed by atoms with Gasteiger partial charge in [-0.25, -0.2) is 4.79 Å². The zero-order valence-electron chi connectivity index (χ0n) is 5.81. The molecule has 10 heavy (non-hydrogen) atoms. The van der Waals surface area contributed by atoms with E-state index in [9.17, 15) is 4.79 Å². The van der Waals surface area contributed by atoms with Crippen molar-refractivity contribution in [2.24, 2.45) is 0 Å². The Kier molecular flexibility index (Phi) is 2.28. The number of hydrogen-bond donors (Lipinski definition) is 2. The predicted molar refractivity (Wildman–Crippen MR) is 36.1 cm³/mol. The van der Waals surface area contributed by atoms with Gasteiger partial charge in [0.1, 0.15) is 0 Å². The van der Waals surface area contributed by atoms with Crippen molar-refractivity contribution in [1.29, 1.82) is 0 Å². The zero-order chi connectivity index (χ0) is 7.40. The molecule has 0 amide bonds. The summed E-state index contributed by atoms with van der Waals surface area (Å²) in [4.78, 5) is 10.8. The van der Waals surface area contributed by atoms with E-state index in [0.29, 0.717) is 18.8 Å². The van der Waals surface area contributed by atoms with E-state index in [-0.39, 0.29) is 5.97 Å². The van der Waals surface area contributed by atoms with Crippen LogP contribution in [0.5, 0.6) is 0 Å². The van der Waals surface area contributed by atoms with Crippen LogP contribution in [0.25, 0.3) is 0 Å². The van der Waals surface area contributed by atoms with Crippen LogP contribution in [0.2, 0.25) is 0 Å². The molecule has 0 atom stereocenters. The third-order valence-corrected chi connectivity index (χ3v) is 1.27. The molecule has 0 saturated heterocycles. The maximum atomic E-state index is 10.8. The second-order valence-corrected chi connectivity index (χ2v) is 1.97. The smallest absolute Gasteiger partial charge is 0.336 e. The number of nitrogens with one attached hydrogen (secondary N) is 2. The summed E-state index contributed by atoms with van der Waals surface area (Å²) in [5.74, 6) is -0.278. The third-order valence-electron chi connectivity index (χ3n) is 1.27. The first-order chi connectivity index (χ1) is 4.84. The number of carbonyl (C=O) groups is 1. The summed E-state index contributed by atoms with van der Waals surface area (Å²) < 4.78 is 4.50. The van der Waals surface area contributed by atoms with E-state index in [4.69, 9.17) is 0 Å². The molecule has 1 aliphatic heterocycles. The Bertz CT molecular complexity index is 165. The van der Waals surface area contributed by atoms with Crippen LogP contribution in [0.3, 0.4) is 0 Å². The Hall–Kier alpha value is -1.03. The largest absolute Gasteiger partial charge is 0.466 e. The first-order valence-electron chi connectivity index (χ1n) is 3.06. The highest BCUT2D eigenvalue weighted by Crippen LogP contribution is 1.95. The molecule has 0 bridgehead atoms. The average molecular weight is 142 g/mol. The second kappa shape index (κ2) is 3.22. The van der Waals surface area contributed by atoms with E-state index in [2.05, 4.69) is 15.4 Å². The number of carbonyl (C=O) groups excluding carboxylic acids is 1. The van der Waals surface area contributed by atoms with Crippen molar-refractivity contribution in [1.82, 2.24) is 10.6 Å². The van der Waals surface area contributed by atoms with Crippen molar-refractivity contribution >= 4 is 5.97 Å². The summed E-state index contributed by atoms with van der Waals surface area (Å²) in [6.45, 7) is 1.29. The Balaban J connectivity index is 2.53. The lowest BCUT2D eigenvalue weighted by atomic mass is 10.3. The lowest BCUT2D eigenvalue weighted by molar-refractivity contribution is -0.136. The van der Waals surface area contributed by atoms with Gasteiger partial charge < -0.3 is 10.1 Å². The fraction of sp³-hybridized carbons (Fsp3) is 0.500. The Morgan fingerprint density at radius 2 is 2.60 bits per heavy atom. The summed E-state index contributed by atoms with van der Waals surface area (Å²) in [7, 11) is 1.37. The van der Waals surface area contributed by atoms with E-state index < -0.39 is 0 Å². The van der Waals surface area contributed by atoms with Gasteiger partial charge in [0.2, 0.25) is 0 Å². The molecular formula is C6H10N2O2. The minimum Gasteiger partial charge on any atom is -0.466 e. The van der Waals surface area contributed by atoms with Crippen LogP contribution < -0.4 is 10.6 Å². The van der Waals surface area contributed by atoms with Crippen molar-refractivity contribution in [3.05, 3.63) is 11.8 Å². The van der Waals surface area contributed by atoms with E-state index in [1.807, 2.05) is 0 Å². The Morgan fingerprint density at radius 3 is 3.10 bits per heavy atom. The molecule has 0 aromatic heterocycles. The highest BCUT2D eigenvalue weighted by molar-refractivity contribution is 5.88. The highest BCUT2D eigenvalue weighted by atomic mass is 16.5. The van der Waals surface area contributed by atoms with Crippen molar-refractivity contribution in [2.45, 2.75) is 0 Å². The number of ether oxygens (including phenoxy) is 1. The van der Waals surface area contributed by atoms with E-state index in [1.54, 1.807) is 6.20 Å². The van der Waals surface area contributed by atoms with Crippen LogP contribution in [0, 0.1) is 0 Å². The Labute approximate surface area is 59.2 Å². The molecular weight excluding hydrogens is 132 g/mol. The van der Waals surface area contributed by atoms with E-state index >= 15 is 0 Å². The highest BCUT2D eigenvalue weighted by Gasteiger charge is 2.10. The number of methoxy groups -OCH3 is 1. The molecule has 4 nitrogen and oxygen atoms in total. The maximum Gasteiger partial charge on any atom is 0.336 e. The summed E-state index contributed by atoms with van der Waals surface area (Å²) >= 11 is 0. The molecule has 0 aliphatic carbocycles. The van der Waals surface area contributed by atoms with Crippen LogP contribution in [0.1, 0.15) is 0 Å². The molecule has 1 heterocycles. The van der Waals surface area contributed by atoms with Crippen molar-refractivity contribution in [3.8, 4) is 0 Å². The zero-order valence-corrected chi connectivity index (χ0v) is 5.81. The average Bonchev–Trinajstić information content (AvgIpc) is 2.05. The van der Waals surface area contributed by atoms with Crippen LogP contribution in [-0.4, -0.2) is 26.3 Å². The van der Waals surface area contributed by atoms with Gasteiger partial charge in [-0.3, -0.25) is 5.32 Å². The van der Waals surface area contributed by atoms with Crippen molar-refractivity contribution < 1.29 is 9.53 Å². The van der Waals surface area contributed by atoms with Gasteiger partial charge >= 0.3 is 5.97 Å². The summed E-state index contributed by atoms with van der Waals surface area (Å²) in [6, 6.07) is 0. The Morgan fingerprint density at radius 1 is 1.80 bits per heavy atom. The van der Waals surface area contributed by atoms with Crippen LogP contribution in [-0.2, 0) is 9.53 Å². The molecule has 1 rings (SSSR count). The van der Waals surface area contributed by atoms with Gasteiger partial charge in [-0.05, 0) is 0 Å². The van der Waals surface area contributed by atoms with Gasteiger partial charge in [-0.1, -0.05) is 0 Å². The molecule has 0 fully saturated rings. The molecule has 0 radical (unpaired) electrons. The number of rotatable bonds is 1. The fourth-order valence-corrected chi connectivity index (χ4v) is 0.757. The standard InChI is InChI=1S/C6H10N2O2/c1-10-6(9)5-2-7-4-8-3-5/h2,7-8H,3-4H2,1H3. The molecule has 0 spiro atoms. The lowest BCUT2D eigenvalue weighted by Gasteiger charge is -2.13. The summed E-state index contributed by atoms with van der Waals surface area (Å²) in [5.41, 5.74) is 0.633. The quantitative estimate of drug-likeness (QED) is 0.470. The molecule has 2 N–H and O–H groups in total. The maximum absolute atomic E-state index is 10.8. The predicted octanol–water partition coefficient (Wildman–Crippen LogP) is -0.806. The number of hydrogen-bond acceptors (Lipinski definition) is 4. The third kappa shape index (κ3) is 1.48. The minimum atomic E-state index is -0.278. The van der Waals surface area contributed by atoms with Crippen molar-refractivity contribution in [3.63, 3.8) is 0 Å².